The Morgan fingerprint density at radius 2 is 0.700 bits per heavy atom. The fourth-order valence-electron chi connectivity index (χ4n) is 0. The van der Waals surface area contributed by atoms with E-state index in [1.54, 1.807) is 0 Å². The van der Waals surface area contributed by atoms with Crippen molar-refractivity contribution in [2.75, 3.05) is 0 Å². The van der Waals surface area contributed by atoms with Gasteiger partial charge in [-0.15, -0.1) is 4.91 Å². The van der Waals surface area contributed by atoms with Gasteiger partial charge in [0.1, 0.15) is 5.59 Å². The van der Waals surface area contributed by atoms with E-state index in [0.29, 0.717) is 0 Å². The molecule has 0 spiro atoms. The molecule has 0 aromatic carbocycles. The summed E-state index contributed by atoms with van der Waals surface area (Å²) in [6.07, 6.45) is 0. The average Bonchev–Trinajstić information content (AvgIpc) is 1.00. The minimum atomic E-state index is 0. The summed E-state index contributed by atoms with van der Waals surface area (Å²) in [7, 11) is 0. The van der Waals surface area contributed by atoms with Crippen LogP contribution in [-0.4, -0.2) is 5.48 Å². The molecule has 0 bridgehead atoms. The molecule has 0 fully saturated rings. The molecule has 0 amide bonds. The Balaban J connectivity index is -0.000000000179. The maximum absolute atomic E-state index is 7.25. The van der Waals surface area contributed by atoms with Gasteiger partial charge in [-0.1, -0.05) is 0 Å². The summed E-state index contributed by atoms with van der Waals surface area (Å²) in [6, 6.07) is 0. The molecule has 0 saturated carbocycles. The van der Waals surface area contributed by atoms with E-state index in [0.717, 1.165) is 0 Å². The van der Waals surface area contributed by atoms with Crippen molar-refractivity contribution in [3.8, 4) is 0 Å². The molecular weight excluding hydrogens is 274 g/mol. The van der Waals surface area contributed by atoms with Crippen molar-refractivity contribution >= 4 is 0 Å². The van der Waals surface area contributed by atoms with Crippen molar-refractivity contribution in [1.29, 1.82) is 0 Å². The van der Waals surface area contributed by atoms with Crippen molar-refractivity contribution in [2.45, 2.75) is 0 Å². The molecule has 0 aromatic heterocycles. The van der Waals surface area contributed by atoms with Gasteiger partial charge in [-0.2, -0.15) is 0 Å². The molecule has 0 aliphatic carbocycles. The van der Waals surface area contributed by atoms with Gasteiger partial charge in [-0.05, 0) is 0 Å². The predicted molar refractivity (Wildman–Crippen MR) is 28.6 cm³/mol. The fraction of sp³-hybridized carbons (Fsp3) is 0. The maximum Gasteiger partial charge on any atom is 3.00 e. The summed E-state index contributed by atoms with van der Waals surface area (Å²) in [5.74, 6) is 0. The Bertz CT molecular complexity index is 17.6. The first-order valence-electron chi connectivity index (χ1n) is 0.183. The first kappa shape index (κ1) is 380. The summed E-state index contributed by atoms with van der Waals surface area (Å²) in [5.41, 5.74) is 5.75. The van der Waals surface area contributed by atoms with Crippen molar-refractivity contribution < 1.29 is 49.8 Å². The summed E-state index contributed by atoms with van der Waals surface area (Å²) < 4.78 is 0. The second-order valence-corrected chi connectivity index (χ2v) is 0. The molecule has 0 rings (SSSR count). The average molecular weight is 283 g/mol. The van der Waals surface area contributed by atoms with Crippen LogP contribution in [0.3, 0.4) is 0 Å². The third kappa shape index (κ3) is 1370. The normalized spacial score (nSPS) is 0.400. The number of nitrogens with zero attached hydrogens (tertiary/aromatic N) is 1. The van der Waals surface area contributed by atoms with Crippen LogP contribution < -0.4 is 30.4 Å². The van der Waals surface area contributed by atoms with E-state index in [1.165, 1.54) is 0 Å². The molecule has 0 saturated heterocycles. The quantitative estimate of drug-likeness (QED) is 0.411. The van der Waals surface area contributed by atoms with Gasteiger partial charge in [0.15, 0.2) is 0 Å². The molecule has 0 heterocycles. The number of hydrogen-bond acceptors (Lipinski definition) is 2. The van der Waals surface area contributed by atoms with E-state index in [1.807, 2.05) is 0 Å². The van der Waals surface area contributed by atoms with Crippen LogP contribution in [-0.2, 0) is 19.5 Å². The first-order valence-corrected chi connectivity index (χ1v) is 0.183. The van der Waals surface area contributed by atoms with Gasteiger partial charge >= 0.3 is 19.5 Å². The Labute approximate surface area is 85.1 Å². The van der Waals surface area contributed by atoms with Gasteiger partial charge in [0.05, 0.1) is 0 Å². The van der Waals surface area contributed by atoms with E-state index in [9.17, 15) is 0 Å². The van der Waals surface area contributed by atoms with Gasteiger partial charge < -0.3 is 54.9 Å². The van der Waals surface area contributed by atoms with Gasteiger partial charge in [-0.25, -0.2) is 0 Å². The Hall–Kier alpha value is 0.603. The smallest absolute Gasteiger partial charge is 1.00 e. The molecule has 10 heteroatoms. The molecule has 9 N–H and O–H groups in total. The molecule has 0 aliphatic heterocycles. The van der Waals surface area contributed by atoms with Gasteiger partial charge in [0.25, 0.3) is 0 Å². The van der Waals surface area contributed by atoms with Gasteiger partial charge in [-0.3, -0.25) is 0 Å². The van der Waals surface area contributed by atoms with Gasteiger partial charge in [0.2, 0.25) is 0 Å². The number of hydrogen-bond donors (Lipinski definition) is 0. The first-order chi connectivity index (χ1) is 1.00. The molecule has 10 heavy (non-hydrogen) atoms. The molecule has 72 valence electrons. The monoisotopic (exact) mass is 283 g/mol. The second-order valence-electron chi connectivity index (χ2n) is 0. The number of halogens is 2. The Kier molecular flexibility index (Phi) is 74300. The summed E-state index contributed by atoms with van der Waals surface area (Å²) >= 11 is 0. The van der Waals surface area contributed by atoms with E-state index in [2.05, 4.69) is 0 Å². The van der Waals surface area contributed by atoms with Crippen LogP contribution in [0.15, 0.2) is 0 Å². The Morgan fingerprint density at radius 3 is 0.700 bits per heavy atom. The van der Waals surface area contributed by atoms with E-state index in [4.69, 9.17) is 10.5 Å². The van der Waals surface area contributed by atoms with Crippen LogP contribution in [0.5, 0.6) is 0 Å². The van der Waals surface area contributed by atoms with Crippen LogP contribution in [0.4, 0.5) is 0 Å². The van der Waals surface area contributed by atoms with Crippen LogP contribution in [0.25, 0.3) is 24.6 Å². The molecule has 2 radical (unpaired) electrons. The van der Waals surface area contributed by atoms with Gasteiger partial charge in [0, 0.05) is 0 Å². The zero-order valence-electron chi connectivity index (χ0n) is 4.72. The van der Waals surface area contributed by atoms with Crippen LogP contribution >= 0.6 is 0 Å². The fourth-order valence-corrected chi connectivity index (χ4v) is 0. The van der Waals surface area contributed by atoms with E-state index < -0.39 is 0 Å². The summed E-state index contributed by atoms with van der Waals surface area (Å²) in [6.45, 7) is 0. The van der Waals surface area contributed by atoms with Crippen LogP contribution in [0.1, 0.15) is 0 Å². The molecule has 0 unspecified atom stereocenters. The SMILES string of the molecule is [Cl-].[Cl-].[NH2-].[NH2-].[NH2-].[NH2-].[N]=O.[OH-].[Ru+3]. The molecule has 0 aliphatic rings. The molecule has 0 atom stereocenters. The van der Waals surface area contributed by atoms with E-state index in [-0.39, 0.29) is 74.4 Å². The maximum atomic E-state index is 7.25. The van der Waals surface area contributed by atoms with Crippen molar-refractivity contribution in [3.05, 3.63) is 29.5 Å². The number of nitroso groups, excluding NO2 is 1. The largest absolute Gasteiger partial charge is 3.00 e. The standard InChI is InChI=1S/2ClH.NO.4H2N.H2O.Ru/c;;1-2;;;;;;/h2*1H;;5*1H2;/q;;;4*-1;;+3/p-3. The van der Waals surface area contributed by atoms with Crippen LogP contribution in [0.2, 0.25) is 0 Å². The van der Waals surface area contributed by atoms with E-state index >= 15 is 0 Å². The van der Waals surface area contributed by atoms with Crippen molar-refractivity contribution in [2.24, 2.45) is 0 Å². The van der Waals surface area contributed by atoms with Crippen molar-refractivity contribution in [1.82, 2.24) is 5.59 Å². The van der Waals surface area contributed by atoms with Crippen LogP contribution in [0, 0.1) is 4.91 Å². The third-order valence-electron chi connectivity index (χ3n) is 0. The third-order valence-corrected chi connectivity index (χ3v) is 0. The zero-order valence-corrected chi connectivity index (χ0v) is 7.97. The second kappa shape index (κ2) is 1950. The zero-order chi connectivity index (χ0) is 2.00. The Morgan fingerprint density at radius 1 is 0.700 bits per heavy atom. The molecular formula is H9Cl2N5O2Ru-4. The number of nitrogens with two attached hydrogens (primary N) is 4. The minimum Gasteiger partial charge on any atom is -1.00 e. The minimum absolute atomic E-state index is 0. The summed E-state index contributed by atoms with van der Waals surface area (Å²) in [4.78, 5) is 7.25. The topological polar surface area (TPSA) is 203 Å². The van der Waals surface area contributed by atoms with Crippen molar-refractivity contribution in [3.63, 3.8) is 0 Å². The predicted octanol–water partition coefficient (Wildman–Crippen LogP) is -3.75. The number of rotatable bonds is 0. The molecule has 0 aromatic rings. The summed E-state index contributed by atoms with van der Waals surface area (Å²) in [5, 5.41) is 0. The molecule has 7 nitrogen and oxygen atoms in total.